The number of nitrogens with zero attached hydrogens (tertiary/aromatic N) is 4. The quantitative estimate of drug-likeness (QED) is 0.822. The molecular formula is C11H13N5O3. The van der Waals surface area contributed by atoms with Crippen LogP contribution >= 0.6 is 0 Å². The van der Waals surface area contributed by atoms with Gasteiger partial charge in [-0.15, -0.1) is 10.2 Å². The monoisotopic (exact) mass is 263 g/mol. The standard InChI is InChI=1S/C11H13N5O3/c1-6-14-15-10-9(12-7-2-3-19-5-7)13-8(11(17)18)4-16(6)10/h4,7H,2-3,5H2,1H3,(H,12,13)(H,17,18). The highest BCUT2D eigenvalue weighted by Gasteiger charge is 2.20. The first kappa shape index (κ1) is 11.8. The Morgan fingerprint density at radius 3 is 3.11 bits per heavy atom. The lowest BCUT2D eigenvalue weighted by atomic mass is 10.2. The van der Waals surface area contributed by atoms with Crippen LogP contribution in [-0.2, 0) is 4.74 Å². The van der Waals surface area contributed by atoms with Crippen molar-refractivity contribution in [1.29, 1.82) is 0 Å². The summed E-state index contributed by atoms with van der Waals surface area (Å²) in [5.74, 6) is -0.0395. The molecule has 2 N–H and O–H groups in total. The van der Waals surface area contributed by atoms with Gasteiger partial charge in [0.25, 0.3) is 0 Å². The smallest absolute Gasteiger partial charge is 0.356 e. The summed E-state index contributed by atoms with van der Waals surface area (Å²) in [4.78, 5) is 15.2. The molecular weight excluding hydrogens is 250 g/mol. The lowest BCUT2D eigenvalue weighted by molar-refractivity contribution is 0.0690. The molecule has 0 bridgehead atoms. The first-order valence-corrected chi connectivity index (χ1v) is 5.95. The molecule has 1 fully saturated rings. The molecule has 1 atom stereocenters. The van der Waals surface area contributed by atoms with Crippen LogP contribution in [-0.4, -0.2) is 49.9 Å². The number of carboxylic acids is 1. The molecule has 0 radical (unpaired) electrons. The van der Waals surface area contributed by atoms with Crippen LogP contribution in [0.2, 0.25) is 0 Å². The third-order valence-electron chi connectivity index (χ3n) is 3.05. The molecule has 1 saturated heterocycles. The van der Waals surface area contributed by atoms with E-state index < -0.39 is 5.97 Å². The summed E-state index contributed by atoms with van der Waals surface area (Å²) >= 11 is 0. The Kier molecular flexibility index (Phi) is 2.79. The maximum Gasteiger partial charge on any atom is 0.356 e. The summed E-state index contributed by atoms with van der Waals surface area (Å²) < 4.78 is 6.89. The van der Waals surface area contributed by atoms with E-state index in [4.69, 9.17) is 9.84 Å². The van der Waals surface area contributed by atoms with E-state index in [1.807, 2.05) is 0 Å². The van der Waals surface area contributed by atoms with Crippen molar-refractivity contribution in [2.24, 2.45) is 0 Å². The van der Waals surface area contributed by atoms with Gasteiger partial charge in [0.15, 0.2) is 11.5 Å². The summed E-state index contributed by atoms with van der Waals surface area (Å²) in [7, 11) is 0. The van der Waals surface area contributed by atoms with Gasteiger partial charge in [-0.1, -0.05) is 0 Å². The molecule has 1 unspecified atom stereocenters. The number of aromatic carboxylic acids is 1. The van der Waals surface area contributed by atoms with Crippen LogP contribution in [0.25, 0.3) is 5.65 Å². The van der Waals surface area contributed by atoms with Crippen molar-refractivity contribution in [2.75, 3.05) is 18.5 Å². The third-order valence-corrected chi connectivity index (χ3v) is 3.05. The van der Waals surface area contributed by atoms with E-state index in [0.29, 0.717) is 30.5 Å². The number of hydrogen-bond acceptors (Lipinski definition) is 6. The number of rotatable bonds is 3. The van der Waals surface area contributed by atoms with Gasteiger partial charge in [0.2, 0.25) is 5.65 Å². The maximum absolute atomic E-state index is 11.1. The Balaban J connectivity index is 2.07. The van der Waals surface area contributed by atoms with Gasteiger partial charge in [0.1, 0.15) is 5.82 Å². The van der Waals surface area contributed by atoms with Crippen LogP contribution in [0.5, 0.6) is 0 Å². The van der Waals surface area contributed by atoms with E-state index in [1.165, 1.54) is 6.20 Å². The number of aromatic nitrogens is 4. The number of hydrogen-bond donors (Lipinski definition) is 2. The van der Waals surface area contributed by atoms with Crippen LogP contribution in [0.15, 0.2) is 6.20 Å². The first-order valence-electron chi connectivity index (χ1n) is 5.95. The molecule has 3 heterocycles. The van der Waals surface area contributed by atoms with E-state index in [2.05, 4.69) is 20.5 Å². The van der Waals surface area contributed by atoms with Crippen LogP contribution < -0.4 is 5.32 Å². The minimum Gasteiger partial charge on any atom is -0.476 e. The molecule has 100 valence electrons. The zero-order chi connectivity index (χ0) is 13.4. The van der Waals surface area contributed by atoms with Gasteiger partial charge < -0.3 is 15.2 Å². The number of anilines is 1. The van der Waals surface area contributed by atoms with E-state index in [-0.39, 0.29) is 11.7 Å². The Hall–Kier alpha value is -2.22. The summed E-state index contributed by atoms with van der Waals surface area (Å²) in [6.45, 7) is 3.03. The second kappa shape index (κ2) is 4.47. The summed E-state index contributed by atoms with van der Waals surface area (Å²) in [5.41, 5.74) is 0.478. The molecule has 8 nitrogen and oxygen atoms in total. The Labute approximate surface area is 108 Å². The Bertz CT molecular complexity index is 633. The van der Waals surface area contributed by atoms with Gasteiger partial charge in [0.05, 0.1) is 12.6 Å². The second-order valence-corrected chi connectivity index (χ2v) is 4.43. The molecule has 0 spiro atoms. The van der Waals surface area contributed by atoms with Crippen molar-refractivity contribution >= 4 is 17.4 Å². The van der Waals surface area contributed by atoms with Crippen LogP contribution in [0.4, 0.5) is 5.82 Å². The molecule has 2 aromatic rings. The number of ether oxygens (including phenoxy) is 1. The van der Waals surface area contributed by atoms with Crippen LogP contribution in [0.1, 0.15) is 22.7 Å². The average Bonchev–Trinajstić information content (AvgIpc) is 3.00. The number of fused-ring (bicyclic) bond motifs is 1. The molecule has 0 amide bonds. The predicted molar refractivity (Wildman–Crippen MR) is 65.3 cm³/mol. The van der Waals surface area contributed by atoms with Gasteiger partial charge in [-0.05, 0) is 13.3 Å². The highest BCUT2D eigenvalue weighted by atomic mass is 16.5. The second-order valence-electron chi connectivity index (χ2n) is 4.43. The summed E-state index contributed by atoms with van der Waals surface area (Å²) in [6, 6.07) is 0.123. The molecule has 19 heavy (non-hydrogen) atoms. The van der Waals surface area contributed by atoms with E-state index in [1.54, 1.807) is 11.3 Å². The van der Waals surface area contributed by atoms with E-state index >= 15 is 0 Å². The van der Waals surface area contributed by atoms with Crippen LogP contribution in [0.3, 0.4) is 0 Å². The summed E-state index contributed by atoms with van der Waals surface area (Å²) in [6.07, 6.45) is 2.28. The van der Waals surface area contributed by atoms with Crippen molar-refractivity contribution in [3.05, 3.63) is 17.7 Å². The SMILES string of the molecule is Cc1nnc2c(NC3CCOC3)nc(C(=O)O)cn12. The average molecular weight is 263 g/mol. The molecule has 0 aliphatic carbocycles. The molecule has 3 rings (SSSR count). The molecule has 2 aromatic heterocycles. The highest BCUT2D eigenvalue weighted by Crippen LogP contribution is 2.18. The Morgan fingerprint density at radius 2 is 2.42 bits per heavy atom. The van der Waals surface area contributed by atoms with Crippen molar-refractivity contribution < 1.29 is 14.6 Å². The zero-order valence-electron chi connectivity index (χ0n) is 10.3. The molecule has 1 aliphatic heterocycles. The van der Waals surface area contributed by atoms with Gasteiger partial charge >= 0.3 is 5.97 Å². The van der Waals surface area contributed by atoms with E-state index in [9.17, 15) is 4.79 Å². The zero-order valence-corrected chi connectivity index (χ0v) is 10.3. The predicted octanol–water partition coefficient (Wildman–Crippen LogP) is 0.332. The number of carboxylic acid groups (broad SMARTS) is 1. The van der Waals surface area contributed by atoms with Crippen molar-refractivity contribution in [3.63, 3.8) is 0 Å². The summed E-state index contributed by atoms with van der Waals surface area (Å²) in [5, 5.41) is 20.2. The minimum atomic E-state index is -1.08. The third kappa shape index (κ3) is 2.10. The lowest BCUT2D eigenvalue weighted by Crippen LogP contribution is -2.21. The maximum atomic E-state index is 11.1. The van der Waals surface area contributed by atoms with E-state index in [0.717, 1.165) is 6.42 Å². The molecule has 0 saturated carbocycles. The van der Waals surface area contributed by atoms with Crippen molar-refractivity contribution in [1.82, 2.24) is 19.6 Å². The van der Waals surface area contributed by atoms with Gasteiger partial charge in [-0.2, -0.15) is 0 Å². The highest BCUT2D eigenvalue weighted by molar-refractivity contribution is 5.86. The minimum absolute atomic E-state index is 0.0446. The lowest BCUT2D eigenvalue weighted by Gasteiger charge is -2.12. The topological polar surface area (TPSA) is 102 Å². The number of nitrogens with one attached hydrogen (secondary N) is 1. The fourth-order valence-electron chi connectivity index (χ4n) is 2.05. The number of carbonyl (C=O) groups is 1. The van der Waals surface area contributed by atoms with Gasteiger partial charge in [0, 0.05) is 12.8 Å². The fourth-order valence-corrected chi connectivity index (χ4v) is 2.05. The van der Waals surface area contributed by atoms with Crippen LogP contribution in [0, 0.1) is 6.92 Å². The van der Waals surface area contributed by atoms with Crippen molar-refractivity contribution in [3.8, 4) is 0 Å². The number of aryl methyl sites for hydroxylation is 1. The fraction of sp³-hybridized carbons (Fsp3) is 0.455. The Morgan fingerprint density at radius 1 is 1.58 bits per heavy atom. The largest absolute Gasteiger partial charge is 0.476 e. The first-order chi connectivity index (χ1) is 9.15. The molecule has 1 aliphatic rings. The van der Waals surface area contributed by atoms with Gasteiger partial charge in [-0.3, -0.25) is 4.40 Å². The molecule has 0 aromatic carbocycles. The van der Waals surface area contributed by atoms with Gasteiger partial charge in [-0.25, -0.2) is 9.78 Å². The normalized spacial score (nSPS) is 18.9. The van der Waals surface area contributed by atoms with Crippen molar-refractivity contribution in [2.45, 2.75) is 19.4 Å². The molecule has 8 heteroatoms.